The van der Waals surface area contributed by atoms with Gasteiger partial charge in [-0.3, -0.25) is 0 Å². The van der Waals surface area contributed by atoms with E-state index in [1.165, 1.54) is 24.4 Å². The lowest BCUT2D eigenvalue weighted by atomic mass is 10.1. The van der Waals surface area contributed by atoms with Crippen LogP contribution in [0.25, 0.3) is 0 Å². The maximum atomic E-state index is 12.9. The summed E-state index contributed by atoms with van der Waals surface area (Å²) in [6.07, 6.45) is 3.06. The van der Waals surface area contributed by atoms with Gasteiger partial charge in [0.1, 0.15) is 11.5 Å². The molecule has 1 aromatic carbocycles. The molecule has 4 nitrogen and oxygen atoms in total. The minimum absolute atomic E-state index is 0.319. The molecule has 0 unspecified atom stereocenters. The zero-order valence-electron chi connectivity index (χ0n) is 8.18. The predicted molar refractivity (Wildman–Crippen MR) is 53.5 cm³/mol. The molecule has 1 aromatic heterocycles. The van der Waals surface area contributed by atoms with E-state index in [2.05, 4.69) is 10.1 Å². The van der Waals surface area contributed by atoms with E-state index in [4.69, 9.17) is 4.52 Å². The molecule has 0 radical (unpaired) electrons. The van der Waals surface area contributed by atoms with Crippen molar-refractivity contribution in [3.63, 3.8) is 0 Å². The molecule has 0 amide bonds. The summed E-state index contributed by atoms with van der Waals surface area (Å²) in [7, 11) is 0. The summed E-state index contributed by atoms with van der Waals surface area (Å²) in [5.74, 6) is 0.0893. The van der Waals surface area contributed by atoms with Crippen LogP contribution < -0.4 is 0 Å². The van der Waals surface area contributed by atoms with Gasteiger partial charge < -0.3 is 4.52 Å². The summed E-state index contributed by atoms with van der Waals surface area (Å²) in [4.78, 5) is 13.5. The number of hydrogen-bond acceptors (Lipinski definition) is 4. The normalized spacial score (nSPS) is 9.81. The first-order valence-electron chi connectivity index (χ1n) is 4.55. The number of hydrogen-bond donors (Lipinski definition) is 0. The molecule has 2 aromatic rings. The molecule has 0 aliphatic carbocycles. The molecule has 0 spiro atoms. The number of aromatic nitrogens is 1. The average molecular weight is 218 g/mol. The highest BCUT2D eigenvalue weighted by Gasteiger charge is 2.08. The number of benzene rings is 1. The average Bonchev–Trinajstić information content (AvgIpc) is 2.66. The van der Waals surface area contributed by atoms with Gasteiger partial charge in [-0.1, -0.05) is 17.3 Å². The Morgan fingerprint density at radius 1 is 1.50 bits per heavy atom. The van der Waals surface area contributed by atoms with E-state index < -0.39 is 0 Å². The summed E-state index contributed by atoms with van der Waals surface area (Å²) in [5, 5.41) is 3.52. The molecule has 1 heterocycles. The van der Waals surface area contributed by atoms with E-state index in [9.17, 15) is 9.18 Å². The molecule has 2 rings (SSSR count). The van der Waals surface area contributed by atoms with Crippen molar-refractivity contribution in [1.29, 1.82) is 0 Å². The molecule has 0 aliphatic rings. The zero-order chi connectivity index (χ0) is 11.4. The molecular formula is C11H7FN2O2. The van der Waals surface area contributed by atoms with Gasteiger partial charge >= 0.3 is 0 Å². The van der Waals surface area contributed by atoms with Crippen LogP contribution in [0.2, 0.25) is 0 Å². The van der Waals surface area contributed by atoms with Crippen LogP contribution in [0.1, 0.15) is 11.3 Å². The van der Waals surface area contributed by atoms with Crippen molar-refractivity contribution >= 4 is 11.8 Å². The Morgan fingerprint density at radius 2 is 2.38 bits per heavy atom. The van der Waals surface area contributed by atoms with E-state index in [-0.39, 0.29) is 5.82 Å². The van der Waals surface area contributed by atoms with Crippen molar-refractivity contribution < 1.29 is 13.7 Å². The number of nitrogens with zero attached hydrogens (tertiary/aromatic N) is 2. The highest BCUT2D eigenvalue weighted by Crippen LogP contribution is 2.21. The molecule has 80 valence electrons. The van der Waals surface area contributed by atoms with Gasteiger partial charge in [-0.15, -0.1) is 0 Å². The van der Waals surface area contributed by atoms with Crippen LogP contribution in [0.3, 0.4) is 0 Å². The smallest absolute Gasteiger partial charge is 0.240 e. The van der Waals surface area contributed by atoms with E-state index >= 15 is 0 Å². The number of aliphatic imine (C=N–C) groups is 1. The second-order valence-corrected chi connectivity index (χ2v) is 3.14. The lowest BCUT2D eigenvalue weighted by Gasteiger charge is -1.97. The molecule has 0 atom stereocenters. The third-order valence-electron chi connectivity index (χ3n) is 2.04. The van der Waals surface area contributed by atoms with Crippen molar-refractivity contribution in [3.8, 4) is 0 Å². The number of rotatable bonds is 3. The molecule has 16 heavy (non-hydrogen) atoms. The number of halogens is 1. The highest BCUT2D eigenvalue weighted by molar-refractivity contribution is 5.50. The second-order valence-electron chi connectivity index (χ2n) is 3.14. The summed E-state index contributed by atoms with van der Waals surface area (Å²) in [5.41, 5.74) is 1.04. The van der Waals surface area contributed by atoms with Gasteiger partial charge in [0.15, 0.2) is 5.76 Å². The van der Waals surface area contributed by atoms with Crippen LogP contribution in [-0.4, -0.2) is 11.2 Å². The Bertz CT molecular complexity index is 544. The van der Waals surface area contributed by atoms with Crippen molar-refractivity contribution in [2.24, 2.45) is 4.99 Å². The van der Waals surface area contributed by atoms with Gasteiger partial charge in [-0.25, -0.2) is 9.18 Å². The molecule has 0 fully saturated rings. The third-order valence-corrected chi connectivity index (χ3v) is 2.04. The number of isocyanates is 1. The van der Waals surface area contributed by atoms with Crippen LogP contribution in [0.4, 0.5) is 10.1 Å². The Balaban J connectivity index is 2.27. The third kappa shape index (κ3) is 2.21. The fourth-order valence-electron chi connectivity index (χ4n) is 1.35. The lowest BCUT2D eigenvalue weighted by Crippen LogP contribution is -1.87. The van der Waals surface area contributed by atoms with Crippen LogP contribution >= 0.6 is 0 Å². The van der Waals surface area contributed by atoms with Crippen molar-refractivity contribution in [1.82, 2.24) is 5.16 Å². The molecule has 0 aliphatic heterocycles. The van der Waals surface area contributed by atoms with Crippen molar-refractivity contribution in [3.05, 3.63) is 47.6 Å². The van der Waals surface area contributed by atoms with Crippen LogP contribution in [0.15, 0.2) is 40.0 Å². The molecular weight excluding hydrogens is 211 g/mol. The fraction of sp³-hybridized carbons (Fsp3) is 0.0909. The van der Waals surface area contributed by atoms with E-state index in [0.717, 1.165) is 5.56 Å². The van der Waals surface area contributed by atoms with Crippen LogP contribution in [0, 0.1) is 5.82 Å². The monoisotopic (exact) mass is 218 g/mol. The standard InChI is InChI=1S/C11H7FN2O2/c12-9-3-1-2-8(4-9)5-11-10(13-7-15)6-14-16-11/h1-4,6H,5H2. The molecule has 0 bridgehead atoms. The Labute approximate surface area is 90.4 Å². The van der Waals surface area contributed by atoms with E-state index in [1.807, 2.05) is 0 Å². The predicted octanol–water partition coefficient (Wildman–Crippen LogP) is 2.37. The Hall–Kier alpha value is -2.26. The number of carbonyl (C=O) groups excluding carboxylic acids is 1. The minimum Gasteiger partial charge on any atom is -0.359 e. The van der Waals surface area contributed by atoms with Crippen molar-refractivity contribution in [2.45, 2.75) is 6.42 Å². The highest BCUT2D eigenvalue weighted by atomic mass is 19.1. The van der Waals surface area contributed by atoms with Gasteiger partial charge in [-0.05, 0) is 17.7 Å². The zero-order valence-corrected chi connectivity index (χ0v) is 8.18. The van der Waals surface area contributed by atoms with Gasteiger partial charge in [0.05, 0.1) is 6.20 Å². The van der Waals surface area contributed by atoms with Gasteiger partial charge in [-0.2, -0.15) is 4.99 Å². The summed E-state index contributed by atoms with van der Waals surface area (Å²) in [6, 6.07) is 6.09. The summed E-state index contributed by atoms with van der Waals surface area (Å²) in [6.45, 7) is 0. The maximum Gasteiger partial charge on any atom is 0.240 e. The second kappa shape index (κ2) is 4.51. The molecule has 0 saturated heterocycles. The Morgan fingerprint density at radius 3 is 3.12 bits per heavy atom. The first kappa shape index (κ1) is 10.3. The molecule has 5 heteroatoms. The van der Waals surface area contributed by atoms with Gasteiger partial charge in [0.25, 0.3) is 0 Å². The fourth-order valence-corrected chi connectivity index (χ4v) is 1.35. The van der Waals surface area contributed by atoms with E-state index in [1.54, 1.807) is 12.1 Å². The topological polar surface area (TPSA) is 55.5 Å². The summed E-state index contributed by atoms with van der Waals surface area (Å²) >= 11 is 0. The first-order valence-corrected chi connectivity index (χ1v) is 4.55. The van der Waals surface area contributed by atoms with Crippen molar-refractivity contribution in [2.75, 3.05) is 0 Å². The minimum atomic E-state index is -0.322. The van der Waals surface area contributed by atoms with E-state index in [0.29, 0.717) is 17.9 Å². The molecule has 0 saturated carbocycles. The van der Waals surface area contributed by atoms with Crippen LogP contribution in [0.5, 0.6) is 0 Å². The van der Waals surface area contributed by atoms with Crippen LogP contribution in [-0.2, 0) is 11.2 Å². The Kier molecular flexibility index (Phi) is 2.89. The lowest BCUT2D eigenvalue weighted by molar-refractivity contribution is 0.390. The van der Waals surface area contributed by atoms with Gasteiger partial charge in [0, 0.05) is 6.42 Å². The maximum absolute atomic E-state index is 12.9. The molecule has 0 N–H and O–H groups in total. The SMILES string of the molecule is O=C=Nc1cnoc1Cc1cccc(F)c1. The summed E-state index contributed by atoms with van der Waals surface area (Å²) < 4.78 is 17.8. The quantitative estimate of drug-likeness (QED) is 0.587. The van der Waals surface area contributed by atoms with Gasteiger partial charge in [0.2, 0.25) is 6.08 Å². The first-order chi connectivity index (χ1) is 7.79. The largest absolute Gasteiger partial charge is 0.359 e.